The van der Waals surface area contributed by atoms with E-state index in [1.54, 1.807) is 31.3 Å². The molecular weight excluding hydrogens is 415 g/mol. The van der Waals surface area contributed by atoms with Crippen LogP contribution in [0, 0.1) is 12.7 Å². The highest BCUT2D eigenvalue weighted by atomic mass is 19.1. The lowest BCUT2D eigenvalue weighted by Gasteiger charge is -2.26. The number of likely N-dealkylation sites (N-methyl/N-ethyl adjacent to an activating group) is 1. The first-order valence-corrected chi connectivity index (χ1v) is 10.6. The molecule has 1 fully saturated rings. The quantitative estimate of drug-likeness (QED) is 0.613. The molecule has 1 unspecified atom stereocenters. The number of carbonyl (C=O) groups excluding carboxylic acids is 1. The molecule has 2 aliphatic rings. The molecule has 32 heavy (non-hydrogen) atoms. The first-order chi connectivity index (χ1) is 15.4. The molecule has 1 aromatic carbocycles. The second-order valence-electron chi connectivity index (χ2n) is 8.33. The molecule has 0 spiro atoms. The van der Waals surface area contributed by atoms with E-state index in [1.165, 1.54) is 12.1 Å². The SMILES string of the molecule is CO[C@H]1CN(C)C(=O)[C@@H]2CC(CN2)Oc2nccc(n2)-c2cc(F)cc3nc(C)n(c23)C1. The number of ether oxygens (including phenoxy) is 2. The topological polar surface area (TPSA) is 94.4 Å². The Morgan fingerprint density at radius 1 is 1.28 bits per heavy atom. The van der Waals surface area contributed by atoms with Crippen molar-refractivity contribution in [2.45, 2.75) is 38.1 Å². The summed E-state index contributed by atoms with van der Waals surface area (Å²) in [6.07, 6.45) is 1.59. The van der Waals surface area contributed by atoms with Crippen LogP contribution >= 0.6 is 0 Å². The summed E-state index contributed by atoms with van der Waals surface area (Å²) in [6.45, 7) is 3.24. The summed E-state index contributed by atoms with van der Waals surface area (Å²) < 4.78 is 28.2. The van der Waals surface area contributed by atoms with Crippen LogP contribution in [-0.4, -0.2) is 75.8 Å². The van der Waals surface area contributed by atoms with Gasteiger partial charge in [0.25, 0.3) is 0 Å². The van der Waals surface area contributed by atoms with Crippen LogP contribution < -0.4 is 10.1 Å². The van der Waals surface area contributed by atoms with Gasteiger partial charge in [0.2, 0.25) is 5.91 Å². The van der Waals surface area contributed by atoms with Crippen molar-refractivity contribution in [1.29, 1.82) is 0 Å². The number of fused-ring (bicyclic) bond motifs is 5. The fourth-order valence-corrected chi connectivity index (χ4v) is 4.52. The molecule has 9 nitrogen and oxygen atoms in total. The Hall–Kier alpha value is -3.11. The molecule has 0 saturated carbocycles. The fourth-order valence-electron chi connectivity index (χ4n) is 4.52. The molecule has 1 amide bonds. The molecule has 5 rings (SSSR count). The Morgan fingerprint density at radius 2 is 2.12 bits per heavy atom. The highest BCUT2D eigenvalue weighted by Crippen LogP contribution is 2.31. The van der Waals surface area contributed by atoms with Gasteiger partial charge < -0.3 is 24.3 Å². The largest absolute Gasteiger partial charge is 0.459 e. The Labute approximate surface area is 184 Å². The third-order valence-electron chi connectivity index (χ3n) is 6.14. The second kappa shape index (κ2) is 8.10. The van der Waals surface area contributed by atoms with Crippen LogP contribution in [-0.2, 0) is 16.1 Å². The summed E-state index contributed by atoms with van der Waals surface area (Å²) in [5, 5.41) is 3.23. The number of imidazole rings is 1. The molecule has 4 heterocycles. The molecule has 3 aromatic rings. The summed E-state index contributed by atoms with van der Waals surface area (Å²) in [7, 11) is 3.40. The van der Waals surface area contributed by atoms with Crippen molar-refractivity contribution in [2.24, 2.45) is 0 Å². The lowest BCUT2D eigenvalue weighted by molar-refractivity contribution is -0.133. The van der Waals surface area contributed by atoms with Gasteiger partial charge in [0.05, 0.1) is 35.4 Å². The molecule has 4 bridgehead atoms. The van der Waals surface area contributed by atoms with Crippen molar-refractivity contribution in [3.8, 4) is 17.3 Å². The van der Waals surface area contributed by atoms with Gasteiger partial charge >= 0.3 is 6.01 Å². The molecule has 2 aliphatic heterocycles. The minimum atomic E-state index is -0.396. The van der Waals surface area contributed by atoms with E-state index in [9.17, 15) is 9.18 Å². The zero-order valence-corrected chi connectivity index (χ0v) is 18.2. The normalized spacial score (nSPS) is 23.7. The molecular formula is C22H25FN6O3. The minimum Gasteiger partial charge on any atom is -0.459 e. The van der Waals surface area contributed by atoms with E-state index in [2.05, 4.69) is 20.3 Å². The first kappa shape index (κ1) is 20.8. The number of rotatable bonds is 1. The van der Waals surface area contributed by atoms with Gasteiger partial charge in [-0.1, -0.05) is 0 Å². The number of hydrogen-bond donors (Lipinski definition) is 1. The van der Waals surface area contributed by atoms with Crippen LogP contribution in [0.5, 0.6) is 6.01 Å². The number of nitrogens with zero attached hydrogens (tertiary/aromatic N) is 5. The zero-order valence-electron chi connectivity index (χ0n) is 18.2. The Kier molecular flexibility index (Phi) is 5.26. The molecule has 0 radical (unpaired) electrons. The van der Waals surface area contributed by atoms with Gasteiger partial charge in [-0.2, -0.15) is 4.98 Å². The van der Waals surface area contributed by atoms with Gasteiger partial charge in [0.15, 0.2) is 0 Å². The maximum Gasteiger partial charge on any atom is 0.317 e. The molecule has 10 heteroatoms. The minimum absolute atomic E-state index is 0.0161. The predicted octanol–water partition coefficient (Wildman–Crippen LogP) is 1.54. The molecule has 0 aliphatic carbocycles. The second-order valence-corrected chi connectivity index (χ2v) is 8.33. The Bertz CT molecular complexity index is 1180. The number of halogens is 1. The Balaban J connectivity index is 1.68. The molecule has 3 atom stereocenters. The van der Waals surface area contributed by atoms with Gasteiger partial charge in [0.1, 0.15) is 17.7 Å². The lowest BCUT2D eigenvalue weighted by atomic mass is 10.1. The fraction of sp³-hybridized carbons (Fsp3) is 0.455. The third-order valence-corrected chi connectivity index (χ3v) is 6.14. The molecule has 168 valence electrons. The van der Waals surface area contributed by atoms with Gasteiger partial charge in [-0.25, -0.2) is 14.4 Å². The van der Waals surface area contributed by atoms with E-state index < -0.39 is 5.82 Å². The van der Waals surface area contributed by atoms with Crippen LogP contribution in [0.1, 0.15) is 12.2 Å². The molecule has 1 saturated heterocycles. The predicted molar refractivity (Wildman–Crippen MR) is 115 cm³/mol. The van der Waals surface area contributed by atoms with Crippen molar-refractivity contribution in [1.82, 2.24) is 29.7 Å². The summed E-state index contributed by atoms with van der Waals surface area (Å²) in [5.41, 5.74) is 2.43. The van der Waals surface area contributed by atoms with E-state index in [0.717, 1.165) is 11.3 Å². The maximum atomic E-state index is 14.5. The van der Waals surface area contributed by atoms with E-state index in [-0.39, 0.29) is 30.2 Å². The molecule has 1 N–H and O–H groups in total. The van der Waals surface area contributed by atoms with Crippen molar-refractivity contribution in [3.63, 3.8) is 0 Å². The number of amides is 1. The highest BCUT2D eigenvalue weighted by molar-refractivity contribution is 5.92. The van der Waals surface area contributed by atoms with E-state index in [1.807, 2.05) is 11.5 Å². The number of nitrogens with one attached hydrogen (secondary N) is 1. The number of carbonyl (C=O) groups is 1. The Morgan fingerprint density at radius 3 is 2.94 bits per heavy atom. The van der Waals surface area contributed by atoms with Gasteiger partial charge in [-0.15, -0.1) is 0 Å². The molecule has 2 aromatic heterocycles. The highest BCUT2D eigenvalue weighted by Gasteiger charge is 2.34. The lowest BCUT2D eigenvalue weighted by Crippen LogP contribution is -2.45. The van der Waals surface area contributed by atoms with E-state index in [0.29, 0.717) is 42.8 Å². The first-order valence-electron chi connectivity index (χ1n) is 10.6. The summed E-state index contributed by atoms with van der Waals surface area (Å²) in [6, 6.07) is 4.45. The number of benzene rings is 1. The van der Waals surface area contributed by atoms with Crippen LogP contribution in [0.15, 0.2) is 24.4 Å². The smallest absolute Gasteiger partial charge is 0.317 e. The number of hydrogen-bond acceptors (Lipinski definition) is 7. The monoisotopic (exact) mass is 440 g/mol. The van der Waals surface area contributed by atoms with Crippen LogP contribution in [0.2, 0.25) is 0 Å². The zero-order chi connectivity index (χ0) is 22.4. The van der Waals surface area contributed by atoms with E-state index in [4.69, 9.17) is 9.47 Å². The standard InChI is InChI=1S/C22H25FN6O3/c1-12-26-18-7-13(23)6-16-17-4-5-24-22(27-17)32-14-8-19(25-9-14)21(30)28(2)10-15(31-3)11-29(12)20(16)18/h4-7,14-15,19,25H,8-11H2,1-3H3/t14?,15-,19-/m0/s1. The van der Waals surface area contributed by atoms with Crippen molar-refractivity contribution < 1.29 is 18.7 Å². The van der Waals surface area contributed by atoms with Gasteiger partial charge in [-0.3, -0.25) is 4.79 Å². The number of aromatic nitrogens is 4. The summed E-state index contributed by atoms with van der Waals surface area (Å²) >= 11 is 0. The number of aryl methyl sites for hydroxylation is 1. The van der Waals surface area contributed by atoms with Gasteiger partial charge in [0, 0.05) is 51.5 Å². The van der Waals surface area contributed by atoms with Gasteiger partial charge in [-0.05, 0) is 19.1 Å². The average Bonchev–Trinajstić information content (AvgIpc) is 3.35. The van der Waals surface area contributed by atoms with E-state index >= 15 is 0 Å². The van der Waals surface area contributed by atoms with Crippen molar-refractivity contribution >= 4 is 16.9 Å². The maximum absolute atomic E-state index is 14.5. The van der Waals surface area contributed by atoms with Crippen molar-refractivity contribution in [3.05, 3.63) is 36.0 Å². The number of methoxy groups -OCH3 is 1. The van der Waals surface area contributed by atoms with Crippen LogP contribution in [0.4, 0.5) is 4.39 Å². The van der Waals surface area contributed by atoms with Crippen molar-refractivity contribution in [2.75, 3.05) is 27.2 Å². The summed E-state index contributed by atoms with van der Waals surface area (Å²) in [4.78, 5) is 28.0. The summed E-state index contributed by atoms with van der Waals surface area (Å²) in [5.74, 6) is 0.309. The third kappa shape index (κ3) is 3.69. The van der Waals surface area contributed by atoms with Crippen LogP contribution in [0.25, 0.3) is 22.3 Å². The average molecular weight is 440 g/mol. The van der Waals surface area contributed by atoms with Crippen LogP contribution in [0.3, 0.4) is 0 Å².